The molecular formula is C14H23NO2. The van der Waals surface area contributed by atoms with Gasteiger partial charge in [-0.1, -0.05) is 19.9 Å². The van der Waals surface area contributed by atoms with E-state index in [9.17, 15) is 9.59 Å². The van der Waals surface area contributed by atoms with Crippen molar-refractivity contribution < 1.29 is 9.59 Å². The Morgan fingerprint density at radius 2 is 1.71 bits per heavy atom. The Labute approximate surface area is 104 Å². The van der Waals surface area contributed by atoms with Gasteiger partial charge >= 0.3 is 0 Å². The van der Waals surface area contributed by atoms with E-state index in [2.05, 4.69) is 0 Å². The van der Waals surface area contributed by atoms with Crippen LogP contribution in [-0.2, 0) is 9.59 Å². The first-order valence-electron chi connectivity index (χ1n) is 6.37. The molecule has 1 fully saturated rings. The number of nitrogens with zero attached hydrogens (tertiary/aromatic N) is 1. The molecule has 0 radical (unpaired) electrons. The monoisotopic (exact) mass is 237 g/mol. The predicted molar refractivity (Wildman–Crippen MR) is 68.6 cm³/mol. The van der Waals surface area contributed by atoms with Crippen molar-refractivity contribution in [3.05, 3.63) is 12.2 Å². The van der Waals surface area contributed by atoms with Crippen LogP contribution in [-0.4, -0.2) is 28.2 Å². The number of carbonyl (C=O) groups excluding carboxylic acids is 2. The van der Waals surface area contributed by atoms with Crippen LogP contribution in [0, 0.1) is 5.92 Å². The van der Waals surface area contributed by atoms with E-state index in [-0.39, 0.29) is 23.7 Å². The summed E-state index contributed by atoms with van der Waals surface area (Å²) in [6, 6.07) is 0.0592. The molecule has 0 unspecified atom stereocenters. The standard InChI is InChI=1S/C14H23NO2/c1-6-7-12(16)15(11(4)5)14(8-9-14)13(17)10(2)3/h6-7,10-11H,8-9H2,1-5H3/b7-6+. The molecule has 0 aromatic carbocycles. The van der Waals surface area contributed by atoms with Crippen molar-refractivity contribution in [1.29, 1.82) is 0 Å². The van der Waals surface area contributed by atoms with Crippen molar-refractivity contribution in [2.24, 2.45) is 5.92 Å². The SMILES string of the molecule is C/C=C/C(=O)N(C(C)C)C1(C(=O)C(C)C)CC1. The second-order valence-electron chi connectivity index (χ2n) is 5.35. The van der Waals surface area contributed by atoms with Gasteiger partial charge in [0, 0.05) is 12.0 Å². The van der Waals surface area contributed by atoms with Gasteiger partial charge in [0.05, 0.1) is 0 Å². The summed E-state index contributed by atoms with van der Waals surface area (Å²) in [6.45, 7) is 9.56. The molecule has 0 N–H and O–H groups in total. The number of allylic oxidation sites excluding steroid dienone is 1. The zero-order chi connectivity index (χ0) is 13.2. The summed E-state index contributed by atoms with van der Waals surface area (Å²) < 4.78 is 0. The van der Waals surface area contributed by atoms with Crippen LogP contribution in [0.15, 0.2) is 12.2 Å². The van der Waals surface area contributed by atoms with Crippen molar-refractivity contribution in [3.63, 3.8) is 0 Å². The third-order valence-corrected chi connectivity index (χ3v) is 3.23. The molecule has 3 nitrogen and oxygen atoms in total. The van der Waals surface area contributed by atoms with Crippen molar-refractivity contribution >= 4 is 11.7 Å². The van der Waals surface area contributed by atoms with Gasteiger partial charge in [0.15, 0.2) is 5.78 Å². The average molecular weight is 237 g/mol. The number of carbonyl (C=O) groups is 2. The third-order valence-electron chi connectivity index (χ3n) is 3.23. The molecule has 1 rings (SSSR count). The molecule has 0 bridgehead atoms. The van der Waals surface area contributed by atoms with E-state index in [1.807, 2.05) is 34.6 Å². The molecule has 0 atom stereocenters. The molecule has 0 heterocycles. The van der Waals surface area contributed by atoms with Crippen molar-refractivity contribution in [2.45, 2.75) is 59.0 Å². The fourth-order valence-electron chi connectivity index (χ4n) is 2.44. The fraction of sp³-hybridized carbons (Fsp3) is 0.714. The summed E-state index contributed by atoms with van der Waals surface area (Å²) in [4.78, 5) is 26.1. The van der Waals surface area contributed by atoms with Gasteiger partial charge in [0.25, 0.3) is 0 Å². The Kier molecular flexibility index (Phi) is 4.12. The van der Waals surface area contributed by atoms with Crippen molar-refractivity contribution in [2.75, 3.05) is 0 Å². The Morgan fingerprint density at radius 1 is 1.18 bits per heavy atom. The zero-order valence-electron chi connectivity index (χ0n) is 11.5. The molecule has 0 aliphatic heterocycles. The highest BCUT2D eigenvalue weighted by Crippen LogP contribution is 2.45. The van der Waals surface area contributed by atoms with Crippen LogP contribution in [0.5, 0.6) is 0 Å². The lowest BCUT2D eigenvalue weighted by Gasteiger charge is -2.34. The van der Waals surface area contributed by atoms with Crippen molar-refractivity contribution in [3.8, 4) is 0 Å². The quantitative estimate of drug-likeness (QED) is 0.689. The maximum absolute atomic E-state index is 12.3. The normalized spacial score (nSPS) is 17.8. The molecule has 1 aliphatic carbocycles. The van der Waals surface area contributed by atoms with E-state index >= 15 is 0 Å². The van der Waals surface area contributed by atoms with Crippen LogP contribution in [0.4, 0.5) is 0 Å². The molecule has 3 heteroatoms. The first-order chi connectivity index (χ1) is 7.86. The van der Waals surface area contributed by atoms with Gasteiger partial charge in [-0.05, 0) is 39.7 Å². The summed E-state index contributed by atoms with van der Waals surface area (Å²) in [6.07, 6.45) is 4.90. The summed E-state index contributed by atoms with van der Waals surface area (Å²) in [7, 11) is 0. The number of ketones is 1. The topological polar surface area (TPSA) is 37.4 Å². The minimum Gasteiger partial charge on any atom is -0.324 e. The van der Waals surface area contributed by atoms with Gasteiger partial charge in [0.2, 0.25) is 5.91 Å². The summed E-state index contributed by atoms with van der Waals surface area (Å²) in [5.41, 5.74) is -0.515. The molecule has 0 aromatic heterocycles. The number of Topliss-reactive ketones (excluding diaryl/α,β-unsaturated/α-hetero) is 1. The molecule has 0 aromatic rings. The zero-order valence-corrected chi connectivity index (χ0v) is 11.5. The van der Waals surface area contributed by atoms with E-state index < -0.39 is 5.54 Å². The molecule has 0 saturated heterocycles. The molecule has 96 valence electrons. The maximum atomic E-state index is 12.3. The first kappa shape index (κ1) is 13.9. The smallest absolute Gasteiger partial charge is 0.247 e. The number of hydrogen-bond acceptors (Lipinski definition) is 2. The van der Waals surface area contributed by atoms with Crippen LogP contribution in [0.1, 0.15) is 47.5 Å². The Balaban J connectivity index is 3.00. The summed E-state index contributed by atoms with van der Waals surface area (Å²) >= 11 is 0. The maximum Gasteiger partial charge on any atom is 0.247 e. The van der Waals surface area contributed by atoms with E-state index in [1.165, 1.54) is 0 Å². The highest BCUT2D eigenvalue weighted by atomic mass is 16.2. The molecule has 1 amide bonds. The Hall–Kier alpha value is -1.12. The van der Waals surface area contributed by atoms with Crippen LogP contribution in [0.25, 0.3) is 0 Å². The van der Waals surface area contributed by atoms with E-state index in [1.54, 1.807) is 17.1 Å². The lowest BCUT2D eigenvalue weighted by atomic mass is 9.97. The van der Waals surface area contributed by atoms with Gasteiger partial charge in [-0.2, -0.15) is 0 Å². The van der Waals surface area contributed by atoms with E-state index in [4.69, 9.17) is 0 Å². The third kappa shape index (κ3) is 2.59. The van der Waals surface area contributed by atoms with Crippen LogP contribution >= 0.6 is 0 Å². The predicted octanol–water partition coefficient (Wildman–Crippen LogP) is 2.56. The molecule has 17 heavy (non-hydrogen) atoms. The molecule has 1 saturated carbocycles. The Bertz CT molecular complexity index is 338. The minimum atomic E-state index is -0.515. The van der Waals surface area contributed by atoms with Crippen LogP contribution < -0.4 is 0 Å². The average Bonchev–Trinajstić information content (AvgIpc) is 2.98. The summed E-state index contributed by atoms with van der Waals surface area (Å²) in [5, 5.41) is 0. The number of rotatable bonds is 5. The highest BCUT2D eigenvalue weighted by Gasteiger charge is 2.56. The van der Waals surface area contributed by atoms with Gasteiger partial charge in [-0.3, -0.25) is 9.59 Å². The van der Waals surface area contributed by atoms with Crippen molar-refractivity contribution in [1.82, 2.24) is 4.90 Å². The second kappa shape index (κ2) is 5.03. The first-order valence-corrected chi connectivity index (χ1v) is 6.37. The molecule has 1 aliphatic rings. The molecular weight excluding hydrogens is 214 g/mol. The fourth-order valence-corrected chi connectivity index (χ4v) is 2.44. The van der Waals surface area contributed by atoms with Gasteiger partial charge in [-0.25, -0.2) is 0 Å². The van der Waals surface area contributed by atoms with Gasteiger partial charge < -0.3 is 4.90 Å². The number of hydrogen-bond donors (Lipinski definition) is 0. The van der Waals surface area contributed by atoms with Crippen LogP contribution in [0.2, 0.25) is 0 Å². The largest absolute Gasteiger partial charge is 0.324 e. The van der Waals surface area contributed by atoms with Crippen LogP contribution in [0.3, 0.4) is 0 Å². The number of amides is 1. The lowest BCUT2D eigenvalue weighted by molar-refractivity contribution is -0.141. The molecule has 0 spiro atoms. The highest BCUT2D eigenvalue weighted by molar-refractivity contribution is 5.99. The van der Waals surface area contributed by atoms with Gasteiger partial charge in [0.1, 0.15) is 5.54 Å². The Morgan fingerprint density at radius 3 is 2.00 bits per heavy atom. The summed E-state index contributed by atoms with van der Waals surface area (Å²) in [5.74, 6) is 0.134. The van der Waals surface area contributed by atoms with E-state index in [0.717, 1.165) is 12.8 Å². The van der Waals surface area contributed by atoms with E-state index in [0.29, 0.717) is 0 Å². The van der Waals surface area contributed by atoms with Gasteiger partial charge in [-0.15, -0.1) is 0 Å². The second-order valence-corrected chi connectivity index (χ2v) is 5.35. The lowest BCUT2D eigenvalue weighted by Crippen LogP contribution is -2.51. The minimum absolute atomic E-state index is 0.0165.